The Bertz CT molecular complexity index is 612. The second-order valence-electron chi connectivity index (χ2n) is 3.01. The quantitative estimate of drug-likeness (QED) is 0.670. The molecule has 0 aliphatic heterocycles. The van der Waals surface area contributed by atoms with E-state index >= 15 is 0 Å². The number of anilines is 1. The number of aromatic nitrogens is 4. The van der Waals surface area contributed by atoms with E-state index in [1.165, 1.54) is 4.70 Å². The molecule has 0 radical (unpaired) electrons. The van der Waals surface area contributed by atoms with Crippen LogP contribution in [0.2, 0.25) is 0 Å². The maximum atomic E-state index is 5.47. The van der Waals surface area contributed by atoms with Crippen LogP contribution in [0.25, 0.3) is 15.9 Å². The summed E-state index contributed by atoms with van der Waals surface area (Å²) >= 11 is 1.67. The second-order valence-corrected chi connectivity index (χ2v) is 3.96. The molecule has 3 aromatic rings. The number of rotatable bonds is 1. The fourth-order valence-corrected chi connectivity index (χ4v) is 2.22. The molecule has 0 fully saturated rings. The molecule has 0 bridgehead atoms. The first kappa shape index (κ1) is 8.37. The predicted molar refractivity (Wildman–Crippen MR) is 58.9 cm³/mol. The molecule has 0 aliphatic carbocycles. The van der Waals surface area contributed by atoms with E-state index in [0.29, 0.717) is 0 Å². The van der Waals surface area contributed by atoms with Crippen molar-refractivity contribution in [2.24, 2.45) is 0 Å². The Kier molecular flexibility index (Phi) is 1.69. The number of nitrogen functional groups attached to an aromatic ring is 1. The zero-order valence-electron chi connectivity index (χ0n) is 7.66. The lowest BCUT2D eigenvalue weighted by Crippen LogP contribution is -1.99. The van der Waals surface area contributed by atoms with Crippen molar-refractivity contribution in [2.45, 2.75) is 0 Å². The molecule has 0 aliphatic rings. The lowest BCUT2D eigenvalue weighted by atomic mass is 10.3. The van der Waals surface area contributed by atoms with Crippen LogP contribution in [0.4, 0.5) is 5.95 Å². The standard InChI is InChI=1S/C9H7N5S/c10-9-12-5-14(13-9)8-6-2-4-15-7(6)1-3-11-8/h1-5H,(H2,10,13). The molecular weight excluding hydrogens is 210 g/mol. The minimum absolute atomic E-state index is 0.254. The number of nitrogens with zero attached hydrogens (tertiary/aromatic N) is 4. The number of fused-ring (bicyclic) bond motifs is 1. The van der Waals surface area contributed by atoms with Crippen LogP contribution < -0.4 is 5.73 Å². The zero-order valence-corrected chi connectivity index (χ0v) is 8.48. The number of nitrogens with two attached hydrogens (primary N) is 1. The van der Waals surface area contributed by atoms with Crippen molar-refractivity contribution in [3.63, 3.8) is 0 Å². The van der Waals surface area contributed by atoms with Crippen LogP contribution in [-0.2, 0) is 0 Å². The third kappa shape index (κ3) is 1.26. The van der Waals surface area contributed by atoms with Crippen LogP contribution in [0.15, 0.2) is 30.0 Å². The van der Waals surface area contributed by atoms with E-state index < -0.39 is 0 Å². The van der Waals surface area contributed by atoms with E-state index in [4.69, 9.17) is 5.73 Å². The summed E-state index contributed by atoms with van der Waals surface area (Å²) in [4.78, 5) is 8.15. The topological polar surface area (TPSA) is 69.6 Å². The monoisotopic (exact) mass is 217 g/mol. The fraction of sp³-hybridized carbons (Fsp3) is 0. The van der Waals surface area contributed by atoms with Gasteiger partial charge in [0.15, 0.2) is 5.82 Å². The average molecular weight is 217 g/mol. The van der Waals surface area contributed by atoms with Crippen molar-refractivity contribution in [3.05, 3.63) is 30.0 Å². The first-order valence-electron chi connectivity index (χ1n) is 4.34. The summed E-state index contributed by atoms with van der Waals surface area (Å²) in [5.74, 6) is 1.02. The highest BCUT2D eigenvalue weighted by molar-refractivity contribution is 7.17. The van der Waals surface area contributed by atoms with Crippen molar-refractivity contribution >= 4 is 27.4 Å². The number of hydrogen-bond donors (Lipinski definition) is 1. The Hall–Kier alpha value is -1.95. The van der Waals surface area contributed by atoms with Gasteiger partial charge in [-0.2, -0.15) is 4.68 Å². The molecule has 3 aromatic heterocycles. The van der Waals surface area contributed by atoms with Gasteiger partial charge in [0.1, 0.15) is 6.33 Å². The first-order valence-corrected chi connectivity index (χ1v) is 5.22. The Labute approximate surface area is 89.2 Å². The molecular formula is C9H7N5S. The number of hydrogen-bond acceptors (Lipinski definition) is 5. The average Bonchev–Trinajstić information content (AvgIpc) is 2.84. The Morgan fingerprint density at radius 3 is 3.00 bits per heavy atom. The van der Waals surface area contributed by atoms with Crippen molar-refractivity contribution in [1.82, 2.24) is 19.7 Å². The molecule has 0 saturated heterocycles. The molecule has 3 heterocycles. The van der Waals surface area contributed by atoms with E-state index in [0.717, 1.165) is 11.2 Å². The van der Waals surface area contributed by atoms with Crippen LogP contribution in [0.3, 0.4) is 0 Å². The largest absolute Gasteiger partial charge is 0.366 e. The molecule has 0 saturated carbocycles. The van der Waals surface area contributed by atoms with Crippen LogP contribution in [-0.4, -0.2) is 19.7 Å². The lowest BCUT2D eigenvalue weighted by Gasteiger charge is -1.99. The fourth-order valence-electron chi connectivity index (χ4n) is 1.44. The molecule has 5 nitrogen and oxygen atoms in total. The van der Waals surface area contributed by atoms with Gasteiger partial charge in [-0.3, -0.25) is 0 Å². The SMILES string of the molecule is Nc1ncn(-c2nccc3sccc23)n1. The van der Waals surface area contributed by atoms with Crippen molar-refractivity contribution in [3.8, 4) is 5.82 Å². The summed E-state index contributed by atoms with van der Waals surface area (Å²) in [6, 6.07) is 3.99. The van der Waals surface area contributed by atoms with Crippen molar-refractivity contribution in [1.29, 1.82) is 0 Å². The summed E-state index contributed by atoms with van der Waals surface area (Å²) in [5, 5.41) is 7.12. The van der Waals surface area contributed by atoms with Gasteiger partial charge < -0.3 is 5.73 Å². The highest BCUT2D eigenvalue weighted by Crippen LogP contribution is 2.24. The highest BCUT2D eigenvalue weighted by atomic mass is 32.1. The summed E-state index contributed by atoms with van der Waals surface area (Å²) in [6.45, 7) is 0. The molecule has 0 spiro atoms. The summed E-state index contributed by atoms with van der Waals surface area (Å²) < 4.78 is 2.76. The molecule has 6 heteroatoms. The van der Waals surface area contributed by atoms with E-state index in [1.54, 1.807) is 28.5 Å². The first-order chi connectivity index (χ1) is 7.34. The van der Waals surface area contributed by atoms with E-state index in [1.807, 2.05) is 17.5 Å². The summed E-state index contributed by atoms with van der Waals surface area (Å²) in [6.07, 6.45) is 3.32. The maximum absolute atomic E-state index is 5.47. The van der Waals surface area contributed by atoms with Crippen LogP contribution in [0.1, 0.15) is 0 Å². The van der Waals surface area contributed by atoms with E-state index in [9.17, 15) is 0 Å². The molecule has 3 rings (SSSR count). The molecule has 15 heavy (non-hydrogen) atoms. The molecule has 0 aromatic carbocycles. The van der Waals surface area contributed by atoms with Crippen LogP contribution >= 0.6 is 11.3 Å². The van der Waals surface area contributed by atoms with E-state index in [-0.39, 0.29) is 5.95 Å². The minimum Gasteiger partial charge on any atom is -0.366 e. The molecule has 0 atom stereocenters. The highest BCUT2D eigenvalue weighted by Gasteiger charge is 2.06. The summed E-state index contributed by atoms with van der Waals surface area (Å²) in [7, 11) is 0. The van der Waals surface area contributed by atoms with E-state index in [2.05, 4.69) is 15.1 Å². The van der Waals surface area contributed by atoms with Gasteiger partial charge >= 0.3 is 0 Å². The van der Waals surface area contributed by atoms with Crippen LogP contribution in [0.5, 0.6) is 0 Å². The molecule has 74 valence electrons. The Balaban J connectivity index is 2.30. The third-order valence-electron chi connectivity index (χ3n) is 2.09. The molecule has 0 amide bonds. The normalized spacial score (nSPS) is 10.9. The number of thiophene rings is 1. The van der Waals surface area contributed by atoms with Gasteiger partial charge in [0.05, 0.1) is 0 Å². The van der Waals surface area contributed by atoms with Crippen molar-refractivity contribution in [2.75, 3.05) is 5.73 Å². The second kappa shape index (κ2) is 3.03. The smallest absolute Gasteiger partial charge is 0.239 e. The van der Waals surface area contributed by atoms with Gasteiger partial charge in [-0.1, -0.05) is 0 Å². The lowest BCUT2D eigenvalue weighted by molar-refractivity contribution is 0.858. The zero-order chi connectivity index (χ0) is 10.3. The minimum atomic E-state index is 0.254. The van der Waals surface area contributed by atoms with Gasteiger partial charge in [0, 0.05) is 16.3 Å². The Morgan fingerprint density at radius 1 is 1.27 bits per heavy atom. The maximum Gasteiger partial charge on any atom is 0.239 e. The summed E-state index contributed by atoms with van der Waals surface area (Å²) in [5.41, 5.74) is 5.47. The molecule has 2 N–H and O–H groups in total. The Morgan fingerprint density at radius 2 is 2.20 bits per heavy atom. The van der Waals surface area contributed by atoms with Gasteiger partial charge in [-0.25, -0.2) is 9.97 Å². The van der Waals surface area contributed by atoms with Crippen molar-refractivity contribution < 1.29 is 0 Å². The van der Waals surface area contributed by atoms with Gasteiger partial charge in [0.25, 0.3) is 0 Å². The third-order valence-corrected chi connectivity index (χ3v) is 2.97. The van der Waals surface area contributed by atoms with Crippen LogP contribution in [0, 0.1) is 0 Å². The van der Waals surface area contributed by atoms with Gasteiger partial charge in [0.2, 0.25) is 5.95 Å². The molecule has 0 unspecified atom stereocenters. The predicted octanol–water partition coefficient (Wildman–Crippen LogP) is 1.46. The van der Waals surface area contributed by atoms with Gasteiger partial charge in [-0.15, -0.1) is 16.4 Å². The number of pyridine rings is 1. The van der Waals surface area contributed by atoms with Gasteiger partial charge in [-0.05, 0) is 17.5 Å².